The highest BCUT2D eigenvalue weighted by molar-refractivity contribution is 7.80. The second kappa shape index (κ2) is 8.20. The third-order valence-corrected chi connectivity index (χ3v) is 4.24. The number of piperazine rings is 1. The molecule has 1 heterocycles. The average molecular weight is 306 g/mol. The highest BCUT2D eigenvalue weighted by Gasteiger charge is 2.21. The van der Waals surface area contributed by atoms with Crippen LogP contribution >= 0.6 is 12.2 Å². The van der Waals surface area contributed by atoms with Gasteiger partial charge in [0.15, 0.2) is 5.11 Å². The Hall–Kier alpha value is -1.33. The molecule has 1 aromatic rings. The number of hydrogen-bond donors (Lipinski definition) is 2. The van der Waals surface area contributed by atoms with Crippen LogP contribution in [0.2, 0.25) is 0 Å². The molecule has 1 saturated heterocycles. The Balaban J connectivity index is 1.74. The minimum absolute atomic E-state index is 0.500. The summed E-state index contributed by atoms with van der Waals surface area (Å²) < 4.78 is 0. The molecule has 1 atom stereocenters. The standard InChI is InChI=1S/C16H26N4S/c1-3-17-16(21)18-13-14(2)19-9-11-20(12-10-19)15-7-5-4-6-8-15/h4-8,14H,3,9-13H2,1-2H3,(H2,17,18,21). The monoisotopic (exact) mass is 306 g/mol. The molecule has 1 aliphatic heterocycles. The fourth-order valence-corrected chi connectivity index (χ4v) is 2.88. The van der Waals surface area contributed by atoms with Gasteiger partial charge in [-0.2, -0.15) is 0 Å². The van der Waals surface area contributed by atoms with Gasteiger partial charge in [0.1, 0.15) is 0 Å². The number of hydrogen-bond acceptors (Lipinski definition) is 3. The van der Waals surface area contributed by atoms with E-state index in [4.69, 9.17) is 12.2 Å². The number of rotatable bonds is 5. The second-order valence-electron chi connectivity index (χ2n) is 5.45. The predicted octanol–water partition coefficient (Wildman–Crippen LogP) is 1.68. The Kier molecular flexibility index (Phi) is 6.26. The fourth-order valence-electron chi connectivity index (χ4n) is 2.65. The van der Waals surface area contributed by atoms with E-state index < -0.39 is 0 Å². The molecule has 0 spiro atoms. The fraction of sp³-hybridized carbons (Fsp3) is 0.562. The lowest BCUT2D eigenvalue weighted by atomic mass is 10.2. The van der Waals surface area contributed by atoms with E-state index in [1.165, 1.54) is 5.69 Å². The molecule has 0 saturated carbocycles. The summed E-state index contributed by atoms with van der Waals surface area (Å²) in [5, 5.41) is 7.17. The Labute approximate surface area is 133 Å². The first-order valence-corrected chi connectivity index (χ1v) is 8.17. The molecule has 0 radical (unpaired) electrons. The zero-order valence-electron chi connectivity index (χ0n) is 13.0. The van der Waals surface area contributed by atoms with Crippen molar-refractivity contribution in [2.75, 3.05) is 44.2 Å². The average Bonchev–Trinajstić information content (AvgIpc) is 2.54. The summed E-state index contributed by atoms with van der Waals surface area (Å²) in [4.78, 5) is 4.99. The third kappa shape index (κ3) is 4.86. The number of thiocarbonyl (C=S) groups is 1. The molecule has 0 aliphatic carbocycles. The van der Waals surface area contributed by atoms with Crippen LogP contribution in [-0.4, -0.2) is 55.3 Å². The number of nitrogens with one attached hydrogen (secondary N) is 2. The van der Waals surface area contributed by atoms with Crippen molar-refractivity contribution in [1.82, 2.24) is 15.5 Å². The van der Waals surface area contributed by atoms with Gasteiger partial charge in [-0.1, -0.05) is 18.2 Å². The molecule has 1 unspecified atom stereocenters. The molecule has 0 amide bonds. The predicted molar refractivity (Wildman–Crippen MR) is 94.0 cm³/mol. The smallest absolute Gasteiger partial charge is 0.166 e. The van der Waals surface area contributed by atoms with Crippen molar-refractivity contribution in [2.24, 2.45) is 0 Å². The highest BCUT2D eigenvalue weighted by Crippen LogP contribution is 2.16. The van der Waals surface area contributed by atoms with Gasteiger partial charge in [0.2, 0.25) is 0 Å². The van der Waals surface area contributed by atoms with Gasteiger partial charge in [-0.3, -0.25) is 4.90 Å². The molecule has 0 aromatic heterocycles. The van der Waals surface area contributed by atoms with Crippen molar-refractivity contribution >= 4 is 23.0 Å². The van der Waals surface area contributed by atoms with E-state index in [9.17, 15) is 0 Å². The molecule has 1 fully saturated rings. The first kappa shape index (κ1) is 16.0. The van der Waals surface area contributed by atoms with Gasteiger partial charge in [-0.05, 0) is 38.2 Å². The molecule has 4 nitrogen and oxygen atoms in total. The summed E-state index contributed by atoms with van der Waals surface area (Å²) >= 11 is 5.21. The van der Waals surface area contributed by atoms with Gasteiger partial charge in [0.05, 0.1) is 0 Å². The van der Waals surface area contributed by atoms with E-state index in [1.54, 1.807) is 0 Å². The van der Waals surface area contributed by atoms with Gasteiger partial charge in [-0.15, -0.1) is 0 Å². The lowest BCUT2D eigenvalue weighted by Crippen LogP contribution is -2.53. The summed E-state index contributed by atoms with van der Waals surface area (Å²) in [5.41, 5.74) is 1.33. The first-order valence-electron chi connectivity index (χ1n) is 7.76. The van der Waals surface area contributed by atoms with E-state index in [-0.39, 0.29) is 0 Å². The summed E-state index contributed by atoms with van der Waals surface area (Å²) in [7, 11) is 0. The number of anilines is 1. The summed E-state index contributed by atoms with van der Waals surface area (Å²) in [6.07, 6.45) is 0. The van der Waals surface area contributed by atoms with E-state index in [0.717, 1.165) is 44.4 Å². The Morgan fingerprint density at radius 2 is 1.81 bits per heavy atom. The van der Waals surface area contributed by atoms with Crippen molar-refractivity contribution in [1.29, 1.82) is 0 Å². The molecule has 21 heavy (non-hydrogen) atoms. The number of para-hydroxylation sites is 1. The van der Waals surface area contributed by atoms with Crippen LogP contribution in [0.3, 0.4) is 0 Å². The normalized spacial score (nSPS) is 17.3. The molecule has 1 aromatic carbocycles. The van der Waals surface area contributed by atoms with E-state index in [2.05, 4.69) is 64.6 Å². The van der Waals surface area contributed by atoms with Crippen molar-refractivity contribution in [2.45, 2.75) is 19.9 Å². The van der Waals surface area contributed by atoms with Crippen LogP contribution in [0.5, 0.6) is 0 Å². The molecule has 1 aliphatic rings. The molecule has 2 N–H and O–H groups in total. The van der Waals surface area contributed by atoms with Crippen LogP contribution in [0.4, 0.5) is 5.69 Å². The van der Waals surface area contributed by atoms with Crippen LogP contribution in [0.1, 0.15) is 13.8 Å². The van der Waals surface area contributed by atoms with E-state index >= 15 is 0 Å². The molecular formula is C16H26N4S. The Bertz CT molecular complexity index is 429. The molecule has 116 valence electrons. The first-order chi connectivity index (χ1) is 10.2. The van der Waals surface area contributed by atoms with Gasteiger partial charge >= 0.3 is 0 Å². The minimum atomic E-state index is 0.500. The number of nitrogens with zero attached hydrogens (tertiary/aromatic N) is 2. The molecular weight excluding hydrogens is 280 g/mol. The molecule has 2 rings (SSSR count). The largest absolute Gasteiger partial charge is 0.369 e. The third-order valence-electron chi connectivity index (χ3n) is 3.95. The van der Waals surface area contributed by atoms with Gasteiger partial charge in [-0.25, -0.2) is 0 Å². The maximum atomic E-state index is 5.21. The van der Waals surface area contributed by atoms with Crippen molar-refractivity contribution < 1.29 is 0 Å². The van der Waals surface area contributed by atoms with Crippen LogP contribution < -0.4 is 15.5 Å². The SMILES string of the molecule is CCNC(=S)NCC(C)N1CCN(c2ccccc2)CC1. The zero-order chi connectivity index (χ0) is 15.1. The minimum Gasteiger partial charge on any atom is -0.369 e. The molecule has 5 heteroatoms. The lowest BCUT2D eigenvalue weighted by Gasteiger charge is -2.39. The Morgan fingerprint density at radius 3 is 2.43 bits per heavy atom. The van der Waals surface area contributed by atoms with Gasteiger partial charge < -0.3 is 15.5 Å². The van der Waals surface area contributed by atoms with Crippen molar-refractivity contribution in [3.05, 3.63) is 30.3 Å². The highest BCUT2D eigenvalue weighted by atomic mass is 32.1. The van der Waals surface area contributed by atoms with Crippen LogP contribution in [0, 0.1) is 0 Å². The van der Waals surface area contributed by atoms with Crippen LogP contribution in [0.15, 0.2) is 30.3 Å². The van der Waals surface area contributed by atoms with E-state index in [0.29, 0.717) is 6.04 Å². The van der Waals surface area contributed by atoms with Crippen molar-refractivity contribution in [3.63, 3.8) is 0 Å². The lowest BCUT2D eigenvalue weighted by molar-refractivity contribution is 0.197. The van der Waals surface area contributed by atoms with Gasteiger partial charge in [0, 0.05) is 51.0 Å². The Morgan fingerprint density at radius 1 is 1.14 bits per heavy atom. The van der Waals surface area contributed by atoms with Gasteiger partial charge in [0.25, 0.3) is 0 Å². The summed E-state index contributed by atoms with van der Waals surface area (Å²) in [5.74, 6) is 0. The molecule has 0 bridgehead atoms. The zero-order valence-corrected chi connectivity index (χ0v) is 13.8. The second-order valence-corrected chi connectivity index (χ2v) is 5.86. The summed E-state index contributed by atoms with van der Waals surface area (Å²) in [6.45, 7) is 10.5. The topological polar surface area (TPSA) is 30.5 Å². The van der Waals surface area contributed by atoms with Crippen LogP contribution in [0.25, 0.3) is 0 Å². The summed E-state index contributed by atoms with van der Waals surface area (Å²) in [6, 6.07) is 11.2. The van der Waals surface area contributed by atoms with Crippen LogP contribution in [-0.2, 0) is 0 Å². The maximum absolute atomic E-state index is 5.21. The van der Waals surface area contributed by atoms with Crippen molar-refractivity contribution in [3.8, 4) is 0 Å². The quantitative estimate of drug-likeness (QED) is 0.808. The maximum Gasteiger partial charge on any atom is 0.166 e. The number of benzene rings is 1. The van der Waals surface area contributed by atoms with E-state index in [1.807, 2.05) is 0 Å².